The van der Waals surface area contributed by atoms with Crippen LogP contribution in [0.15, 0.2) is 109 Å². The zero-order valence-corrected chi connectivity index (χ0v) is 42.8. The van der Waals surface area contributed by atoms with E-state index in [0.717, 1.165) is 83.5 Å². The lowest BCUT2D eigenvalue weighted by atomic mass is 9.85. The lowest BCUT2D eigenvalue weighted by Crippen LogP contribution is -2.64. The van der Waals surface area contributed by atoms with Crippen molar-refractivity contribution >= 4 is 27.6 Å². The van der Waals surface area contributed by atoms with Gasteiger partial charge in [-0.1, -0.05) is 130 Å². The number of rotatable bonds is 39. The van der Waals surface area contributed by atoms with Crippen LogP contribution < -0.4 is 0 Å². The molecule has 0 saturated heterocycles. The lowest BCUT2D eigenvalue weighted by Gasteiger charge is -2.43. The topological polar surface area (TPSA) is 276 Å². The van der Waals surface area contributed by atoms with Crippen molar-refractivity contribution in [3.8, 4) is 0 Å². The second-order valence-electron chi connectivity index (χ2n) is 16.6. The minimum absolute atomic E-state index is 0.0170. The molecule has 0 aliphatic heterocycles. The summed E-state index contributed by atoms with van der Waals surface area (Å²) in [6.07, 6.45) is 35.6. The van der Waals surface area contributed by atoms with Crippen LogP contribution in [0.4, 0.5) is 0 Å². The Balaban J connectivity index is 2.65. The van der Waals surface area contributed by atoms with Gasteiger partial charge in [0.25, 0.3) is 0 Å². The van der Waals surface area contributed by atoms with Crippen LogP contribution in [0.2, 0.25) is 0 Å². The van der Waals surface area contributed by atoms with Gasteiger partial charge in [0.15, 0.2) is 6.10 Å². The molecule has 1 aliphatic carbocycles. The summed E-state index contributed by atoms with van der Waals surface area (Å²) in [6.45, 7) is 2.63. The Morgan fingerprint density at radius 2 is 0.957 bits per heavy atom. The van der Waals surface area contributed by atoms with E-state index in [1.165, 1.54) is 0 Å². The third-order valence-electron chi connectivity index (χ3n) is 10.5. The predicted octanol–water partition coefficient (Wildman–Crippen LogP) is 8.70. The first-order valence-corrected chi connectivity index (χ1v) is 27.5. The second kappa shape index (κ2) is 40.1. The Labute approximate surface area is 415 Å². The van der Waals surface area contributed by atoms with Crippen molar-refractivity contribution in [3.05, 3.63) is 109 Å². The van der Waals surface area contributed by atoms with Crippen molar-refractivity contribution in [1.82, 2.24) is 0 Å². The number of carbonyl (C=O) groups excluding carboxylic acids is 2. The third kappa shape index (κ3) is 34.1. The summed E-state index contributed by atoms with van der Waals surface area (Å²) in [7, 11) is -10.7. The first kappa shape index (κ1) is 64.6. The molecule has 0 heterocycles. The van der Waals surface area contributed by atoms with Crippen LogP contribution in [-0.4, -0.2) is 114 Å². The van der Waals surface area contributed by atoms with Crippen LogP contribution in [0, 0.1) is 0 Å². The molecule has 0 amide bonds. The van der Waals surface area contributed by atoms with E-state index in [4.69, 9.17) is 18.5 Å². The van der Waals surface area contributed by atoms with Crippen LogP contribution in [-0.2, 0) is 41.8 Å². The van der Waals surface area contributed by atoms with Gasteiger partial charge >= 0.3 is 27.6 Å². The van der Waals surface area contributed by atoms with Crippen LogP contribution in [0.25, 0.3) is 0 Å². The molecule has 0 radical (unpaired) electrons. The van der Waals surface area contributed by atoms with Gasteiger partial charge in [-0.15, -0.1) is 0 Å². The second-order valence-corrected chi connectivity index (χ2v) is 19.2. The maximum Gasteiger partial charge on any atom is 0.472 e. The molecule has 1 fully saturated rings. The lowest BCUT2D eigenvalue weighted by molar-refractivity contribution is -0.216. The Bertz CT molecular complexity index is 1780. The van der Waals surface area contributed by atoms with Gasteiger partial charge in [0.2, 0.25) is 0 Å². The molecular formula is C51H82O17P2. The summed E-state index contributed by atoms with van der Waals surface area (Å²) in [5.41, 5.74) is 0. The van der Waals surface area contributed by atoms with Crippen molar-refractivity contribution in [1.29, 1.82) is 0 Å². The first-order valence-electron chi connectivity index (χ1n) is 24.5. The van der Waals surface area contributed by atoms with Crippen LogP contribution in [0.5, 0.6) is 0 Å². The molecule has 17 nitrogen and oxygen atoms in total. The van der Waals surface area contributed by atoms with Crippen LogP contribution in [0.3, 0.4) is 0 Å². The Hall–Kier alpha value is -3.38. The SMILES string of the molecule is CC/C=C\C/C=C\C/C=C\C/C=C\C/C=C\CCCCCC(=O)O[C@H](COC(=O)CCC/C=C\C/C=C\C/C=C\C/C=C\CC[C@@H](O)CC)COP(=O)(O)O[C@H]1C(O)C(O)C(O)[C@@H](OP(=O)(O)O)C1O. The average molecular weight is 1030 g/mol. The van der Waals surface area contributed by atoms with E-state index >= 15 is 0 Å². The molecule has 9 atom stereocenters. The predicted molar refractivity (Wildman–Crippen MR) is 270 cm³/mol. The van der Waals surface area contributed by atoms with Gasteiger partial charge in [-0.3, -0.25) is 23.2 Å². The van der Waals surface area contributed by atoms with E-state index in [0.29, 0.717) is 25.7 Å². The normalized spacial score (nSPS) is 22.4. The van der Waals surface area contributed by atoms with E-state index < -0.39 is 83.5 Å². The molecule has 0 aromatic carbocycles. The molecule has 5 unspecified atom stereocenters. The molecule has 19 heteroatoms. The summed E-state index contributed by atoms with van der Waals surface area (Å²) in [4.78, 5) is 54.3. The van der Waals surface area contributed by atoms with E-state index in [2.05, 4.69) is 103 Å². The number of esters is 2. The molecular weight excluding hydrogens is 946 g/mol. The molecule has 398 valence electrons. The summed E-state index contributed by atoms with van der Waals surface area (Å²) >= 11 is 0. The zero-order chi connectivity index (χ0) is 51.9. The van der Waals surface area contributed by atoms with E-state index in [-0.39, 0.29) is 18.9 Å². The highest BCUT2D eigenvalue weighted by molar-refractivity contribution is 7.47. The molecule has 1 saturated carbocycles. The fraction of sp³-hybridized carbons (Fsp3) is 0.608. The molecule has 0 spiro atoms. The van der Waals surface area contributed by atoms with Crippen molar-refractivity contribution in [2.75, 3.05) is 13.2 Å². The van der Waals surface area contributed by atoms with E-state index in [1.807, 2.05) is 25.2 Å². The molecule has 8 N–H and O–H groups in total. The highest BCUT2D eigenvalue weighted by atomic mass is 31.2. The Morgan fingerprint density at radius 3 is 1.44 bits per heavy atom. The number of allylic oxidation sites excluding steroid dienone is 18. The number of phosphoric acid groups is 2. The number of carbonyl (C=O) groups is 2. The van der Waals surface area contributed by atoms with Crippen molar-refractivity contribution in [2.45, 2.75) is 185 Å². The van der Waals surface area contributed by atoms with Gasteiger partial charge in [-0.05, 0) is 103 Å². The number of hydrogen-bond acceptors (Lipinski definition) is 14. The molecule has 0 aromatic heterocycles. The Morgan fingerprint density at radius 1 is 0.514 bits per heavy atom. The fourth-order valence-electron chi connectivity index (χ4n) is 6.55. The molecule has 1 rings (SSSR count). The van der Waals surface area contributed by atoms with Gasteiger partial charge in [0.05, 0.1) is 12.7 Å². The van der Waals surface area contributed by atoms with Crippen molar-refractivity contribution in [2.24, 2.45) is 0 Å². The first-order chi connectivity index (χ1) is 33.5. The van der Waals surface area contributed by atoms with Crippen molar-refractivity contribution in [3.63, 3.8) is 0 Å². The summed E-state index contributed by atoms with van der Waals surface area (Å²) < 4.78 is 49.3. The van der Waals surface area contributed by atoms with Crippen LogP contribution >= 0.6 is 15.6 Å². The van der Waals surface area contributed by atoms with Crippen molar-refractivity contribution < 1.29 is 82.0 Å². The summed E-state index contributed by atoms with van der Waals surface area (Å²) in [6, 6.07) is 0. The number of aliphatic hydroxyl groups is 5. The smallest absolute Gasteiger partial charge is 0.462 e. The van der Waals surface area contributed by atoms with E-state index in [9.17, 15) is 58.9 Å². The number of hydrogen-bond donors (Lipinski definition) is 8. The number of ether oxygens (including phenoxy) is 2. The zero-order valence-electron chi connectivity index (χ0n) is 41.0. The molecule has 0 aromatic rings. The molecule has 0 bridgehead atoms. The quantitative estimate of drug-likeness (QED) is 0.0124. The molecule has 1 aliphatic rings. The third-order valence-corrected chi connectivity index (χ3v) is 12.0. The average Bonchev–Trinajstić information content (AvgIpc) is 3.32. The maximum atomic E-state index is 13.0. The highest BCUT2D eigenvalue weighted by Gasteiger charge is 2.54. The van der Waals surface area contributed by atoms with Gasteiger partial charge in [0.1, 0.15) is 43.2 Å². The number of phosphoric ester groups is 2. The Kier molecular flexibility index (Phi) is 37.1. The van der Waals surface area contributed by atoms with Gasteiger partial charge in [-0.2, -0.15) is 0 Å². The fourth-order valence-corrected chi connectivity index (χ4v) is 8.09. The summed E-state index contributed by atoms with van der Waals surface area (Å²) in [5.74, 6) is -1.34. The monoisotopic (exact) mass is 1030 g/mol. The van der Waals surface area contributed by atoms with Gasteiger partial charge in [-0.25, -0.2) is 9.13 Å². The minimum Gasteiger partial charge on any atom is -0.462 e. The standard InChI is InChI=1S/C51H82O17P2/c1-3-5-6-7-8-9-10-11-12-13-14-15-16-21-24-27-30-33-36-39-45(54)66-43(41-65-70(62,63)68-51-48(57)46(55)47(56)50(49(51)58)67-69(59,60)61)40-64-44(53)38-35-32-29-26-23-20-18-17-19-22-25-28-31-34-37-42(52)4-2/h5-6,8-9,11-12,14-15,18-22,24,26,28-29,31,42-43,46-52,55-58H,3-4,7,10,13,16-17,23,25,27,30,32-41H2,1-2H3,(H,62,63)(H2,59,60,61)/b6-5-,9-8-,12-11-,15-14-,20-18-,22-19-,24-21-,29-26-,31-28-/t42-,43+,46?,47?,48?,49?,50+,51-/m0/s1. The number of aliphatic hydroxyl groups excluding tert-OH is 5. The summed E-state index contributed by atoms with van der Waals surface area (Å²) in [5, 5.41) is 50.9. The largest absolute Gasteiger partial charge is 0.472 e. The van der Waals surface area contributed by atoms with E-state index in [1.54, 1.807) is 0 Å². The van der Waals surface area contributed by atoms with Gasteiger partial charge < -0.3 is 49.7 Å². The van der Waals surface area contributed by atoms with Crippen LogP contribution in [0.1, 0.15) is 136 Å². The highest BCUT2D eigenvalue weighted by Crippen LogP contribution is 2.49. The van der Waals surface area contributed by atoms with Gasteiger partial charge in [0, 0.05) is 12.8 Å². The minimum atomic E-state index is -5.39. The maximum absolute atomic E-state index is 13.0. The molecule has 70 heavy (non-hydrogen) atoms. The number of unbranched alkanes of at least 4 members (excludes halogenated alkanes) is 4.